The quantitative estimate of drug-likeness (QED) is 0.641. The molecule has 1 saturated carbocycles. The molecule has 3 heterocycles. The lowest BCUT2D eigenvalue weighted by atomic mass is 9.89. The Morgan fingerprint density at radius 2 is 1.85 bits per heavy atom. The fourth-order valence-corrected chi connectivity index (χ4v) is 4.85. The van der Waals surface area contributed by atoms with Crippen LogP contribution in [0.15, 0.2) is 22.9 Å². The molecule has 2 amide bonds. The van der Waals surface area contributed by atoms with Crippen LogP contribution >= 0.6 is 11.6 Å². The van der Waals surface area contributed by atoms with Gasteiger partial charge in [-0.05, 0) is 25.0 Å². The van der Waals surface area contributed by atoms with Gasteiger partial charge in [0.05, 0.1) is 5.02 Å². The molecule has 4 rings (SSSR count). The number of halogens is 1. The van der Waals surface area contributed by atoms with E-state index >= 15 is 0 Å². The topological polar surface area (TPSA) is 104 Å². The highest BCUT2D eigenvalue weighted by molar-refractivity contribution is 6.30. The molecule has 9 nitrogen and oxygen atoms in total. The van der Waals surface area contributed by atoms with Gasteiger partial charge in [0.1, 0.15) is 11.4 Å². The highest BCUT2D eigenvalue weighted by atomic mass is 35.5. The molecule has 0 spiro atoms. The minimum atomic E-state index is -0.569. The molecule has 0 atom stereocenters. The van der Waals surface area contributed by atoms with Gasteiger partial charge in [0.2, 0.25) is 17.7 Å². The van der Waals surface area contributed by atoms with E-state index in [-0.39, 0.29) is 11.8 Å². The van der Waals surface area contributed by atoms with E-state index in [1.807, 2.05) is 17.0 Å². The Morgan fingerprint density at radius 1 is 1.12 bits per heavy atom. The van der Waals surface area contributed by atoms with Crippen LogP contribution in [0.25, 0.3) is 0 Å². The van der Waals surface area contributed by atoms with Crippen LogP contribution in [-0.4, -0.2) is 58.0 Å². The van der Waals surface area contributed by atoms with Gasteiger partial charge in [-0.2, -0.15) is 4.98 Å². The number of hydrogen-bond donors (Lipinski definition) is 1. The molecule has 1 aliphatic carbocycles. The number of nitrogens with one attached hydrogen (secondary N) is 1. The van der Waals surface area contributed by atoms with E-state index in [1.54, 1.807) is 6.20 Å². The Bertz CT molecular complexity index is 947. The van der Waals surface area contributed by atoms with Crippen LogP contribution in [0.4, 0.5) is 5.82 Å². The van der Waals surface area contributed by atoms with Crippen molar-refractivity contribution < 1.29 is 14.1 Å². The molecule has 2 fully saturated rings. The molecule has 33 heavy (non-hydrogen) atoms. The van der Waals surface area contributed by atoms with Crippen molar-refractivity contribution in [3.8, 4) is 0 Å². The minimum Gasteiger partial charge on any atom is -0.353 e. The summed E-state index contributed by atoms with van der Waals surface area (Å²) in [5, 5.41) is 7.89. The number of anilines is 1. The zero-order chi connectivity index (χ0) is 23.3. The summed E-state index contributed by atoms with van der Waals surface area (Å²) in [7, 11) is 0. The Hall–Kier alpha value is -2.68. The van der Waals surface area contributed by atoms with Crippen LogP contribution in [0.1, 0.15) is 63.6 Å². The van der Waals surface area contributed by atoms with Crippen molar-refractivity contribution in [2.75, 3.05) is 31.1 Å². The van der Waals surface area contributed by atoms with Crippen molar-refractivity contribution in [3.63, 3.8) is 0 Å². The summed E-state index contributed by atoms with van der Waals surface area (Å²) in [5.74, 6) is 1.83. The lowest BCUT2D eigenvalue weighted by Crippen LogP contribution is -2.49. The largest absolute Gasteiger partial charge is 0.353 e. The van der Waals surface area contributed by atoms with Gasteiger partial charge in [0.15, 0.2) is 5.82 Å². The summed E-state index contributed by atoms with van der Waals surface area (Å²) in [5.41, 5.74) is -0.569. The highest BCUT2D eigenvalue weighted by Gasteiger charge is 2.38. The Kier molecular flexibility index (Phi) is 7.47. The number of aryl methyl sites for hydroxylation is 1. The Balaban J connectivity index is 1.31. The van der Waals surface area contributed by atoms with Gasteiger partial charge in [0, 0.05) is 52.1 Å². The zero-order valence-corrected chi connectivity index (χ0v) is 19.8. The second-order valence-electron chi connectivity index (χ2n) is 8.89. The predicted octanol–water partition coefficient (Wildman–Crippen LogP) is 3.09. The van der Waals surface area contributed by atoms with Crippen molar-refractivity contribution in [3.05, 3.63) is 35.1 Å². The number of piperazine rings is 1. The predicted molar refractivity (Wildman–Crippen MR) is 124 cm³/mol. The number of pyridine rings is 1. The Labute approximate surface area is 198 Å². The number of rotatable bonds is 6. The number of amides is 2. The van der Waals surface area contributed by atoms with Crippen molar-refractivity contribution in [2.45, 2.75) is 63.8 Å². The number of aromatic nitrogens is 3. The fourth-order valence-electron chi connectivity index (χ4n) is 4.74. The number of hydrogen-bond acceptors (Lipinski definition) is 7. The van der Waals surface area contributed by atoms with Crippen LogP contribution < -0.4 is 10.2 Å². The molecule has 1 aliphatic heterocycles. The third-order valence-corrected chi connectivity index (χ3v) is 6.71. The van der Waals surface area contributed by atoms with E-state index in [4.69, 9.17) is 16.1 Å². The van der Waals surface area contributed by atoms with E-state index in [0.29, 0.717) is 42.7 Å². The van der Waals surface area contributed by atoms with E-state index < -0.39 is 5.54 Å². The van der Waals surface area contributed by atoms with Gasteiger partial charge in [0.25, 0.3) is 0 Å². The molecule has 0 bridgehead atoms. The second-order valence-corrected chi connectivity index (χ2v) is 9.33. The molecular weight excluding hydrogens is 444 g/mol. The van der Waals surface area contributed by atoms with E-state index in [0.717, 1.165) is 57.4 Å². The summed E-state index contributed by atoms with van der Waals surface area (Å²) in [6.07, 6.45) is 8.26. The average molecular weight is 475 g/mol. The molecule has 178 valence electrons. The number of carbonyl (C=O) groups excluding carboxylic acids is 2. The van der Waals surface area contributed by atoms with E-state index in [9.17, 15) is 9.59 Å². The van der Waals surface area contributed by atoms with Crippen LogP contribution in [0, 0.1) is 0 Å². The number of nitrogens with zero attached hydrogens (tertiary/aromatic N) is 5. The maximum absolute atomic E-state index is 12.7. The number of carbonyl (C=O) groups is 2. The lowest BCUT2D eigenvalue weighted by molar-refractivity contribution is -0.131. The van der Waals surface area contributed by atoms with Crippen LogP contribution in [0.3, 0.4) is 0 Å². The maximum atomic E-state index is 12.7. The van der Waals surface area contributed by atoms with Gasteiger partial charge in [-0.1, -0.05) is 42.4 Å². The normalized spacial score (nSPS) is 18.6. The monoisotopic (exact) mass is 474 g/mol. The van der Waals surface area contributed by atoms with Gasteiger partial charge in [-0.3, -0.25) is 9.59 Å². The molecule has 2 aromatic heterocycles. The Morgan fingerprint density at radius 3 is 2.48 bits per heavy atom. The fraction of sp³-hybridized carbons (Fsp3) is 0.609. The average Bonchev–Trinajstić information content (AvgIpc) is 3.18. The van der Waals surface area contributed by atoms with Gasteiger partial charge in [-0.15, -0.1) is 0 Å². The molecule has 0 unspecified atom stereocenters. The first kappa shape index (κ1) is 23.5. The summed E-state index contributed by atoms with van der Waals surface area (Å²) in [4.78, 5) is 37.6. The van der Waals surface area contributed by atoms with Gasteiger partial charge in [-0.25, -0.2) is 4.98 Å². The molecule has 1 N–H and O–H groups in total. The standard InChI is InChI=1S/C23H31ClN6O3/c1-17(31)27-23(10-4-2-3-5-11-23)22-26-20(33-28-22)8-9-21(32)30-14-12-29(13-15-30)19-7-6-18(24)16-25-19/h6-7,16H,2-5,8-15H2,1H3,(H,27,31). The summed E-state index contributed by atoms with van der Waals surface area (Å²) >= 11 is 5.91. The maximum Gasteiger partial charge on any atom is 0.227 e. The van der Waals surface area contributed by atoms with Crippen molar-refractivity contribution >= 4 is 29.2 Å². The SMILES string of the molecule is CC(=O)NC1(c2noc(CCC(=O)N3CCN(c4ccc(Cl)cn4)CC3)n2)CCCCCC1. The van der Waals surface area contributed by atoms with Gasteiger partial charge >= 0.3 is 0 Å². The highest BCUT2D eigenvalue weighted by Crippen LogP contribution is 2.34. The molecule has 0 aromatic carbocycles. The first-order valence-corrected chi connectivity index (χ1v) is 12.1. The molecule has 0 radical (unpaired) electrons. The smallest absolute Gasteiger partial charge is 0.227 e. The second kappa shape index (κ2) is 10.5. The third kappa shape index (κ3) is 5.82. The third-order valence-electron chi connectivity index (χ3n) is 6.49. The van der Waals surface area contributed by atoms with Gasteiger partial charge < -0.3 is 19.6 Å². The van der Waals surface area contributed by atoms with Crippen LogP contribution in [-0.2, 0) is 21.5 Å². The van der Waals surface area contributed by atoms with Crippen molar-refractivity contribution in [1.82, 2.24) is 25.3 Å². The van der Waals surface area contributed by atoms with E-state index in [2.05, 4.69) is 25.3 Å². The first-order valence-electron chi connectivity index (χ1n) is 11.7. The van der Waals surface area contributed by atoms with E-state index in [1.165, 1.54) is 6.92 Å². The van der Waals surface area contributed by atoms with Crippen LogP contribution in [0.5, 0.6) is 0 Å². The molecule has 2 aliphatic rings. The minimum absolute atomic E-state index is 0.0736. The molecule has 2 aromatic rings. The van der Waals surface area contributed by atoms with Crippen molar-refractivity contribution in [2.24, 2.45) is 0 Å². The summed E-state index contributed by atoms with van der Waals surface area (Å²) in [6, 6.07) is 3.72. The first-order chi connectivity index (χ1) is 15.9. The molecule has 1 saturated heterocycles. The lowest BCUT2D eigenvalue weighted by Gasteiger charge is -2.35. The molecule has 10 heteroatoms. The zero-order valence-electron chi connectivity index (χ0n) is 19.1. The van der Waals surface area contributed by atoms with Crippen molar-refractivity contribution in [1.29, 1.82) is 0 Å². The summed E-state index contributed by atoms with van der Waals surface area (Å²) in [6.45, 7) is 4.26. The van der Waals surface area contributed by atoms with Crippen LogP contribution in [0.2, 0.25) is 5.02 Å². The molecular formula is C23H31ClN6O3. The summed E-state index contributed by atoms with van der Waals surface area (Å²) < 4.78 is 5.48.